The number of benzene rings is 4. The van der Waals surface area contributed by atoms with E-state index >= 15 is 0 Å². The Bertz CT molecular complexity index is 1610. The average Bonchev–Trinajstić information content (AvgIpc) is 3.34. The van der Waals surface area contributed by atoms with Gasteiger partial charge in [0, 0.05) is 26.3 Å². The van der Waals surface area contributed by atoms with Crippen LogP contribution in [0.1, 0.15) is 29.2 Å². The SMILES string of the molecule is Cc1ccc(-c2nc(N3N=C(c4cccc(Br)c4)C[C@H]3c3cccc(Br)c3)nc3ccccc23)cc1. The Morgan fingerprint density at radius 1 is 0.750 bits per heavy atom. The number of para-hydroxylation sites is 1. The number of aryl methyl sites for hydroxylation is 1. The van der Waals surface area contributed by atoms with Crippen molar-refractivity contribution < 1.29 is 0 Å². The molecule has 0 unspecified atom stereocenters. The van der Waals surface area contributed by atoms with Gasteiger partial charge in [-0.1, -0.05) is 104 Å². The van der Waals surface area contributed by atoms with Crippen molar-refractivity contribution in [3.63, 3.8) is 0 Å². The summed E-state index contributed by atoms with van der Waals surface area (Å²) in [5, 5.41) is 8.12. The van der Waals surface area contributed by atoms with Gasteiger partial charge in [0.2, 0.25) is 5.95 Å². The van der Waals surface area contributed by atoms with E-state index in [2.05, 4.69) is 99.4 Å². The summed E-state index contributed by atoms with van der Waals surface area (Å²) in [6, 6.07) is 33.3. The minimum Gasteiger partial charge on any atom is -0.223 e. The molecule has 0 N–H and O–H groups in total. The van der Waals surface area contributed by atoms with E-state index in [1.165, 1.54) is 5.56 Å². The molecule has 1 aromatic heterocycles. The van der Waals surface area contributed by atoms with Crippen molar-refractivity contribution in [2.75, 3.05) is 5.01 Å². The first-order valence-electron chi connectivity index (χ1n) is 11.8. The van der Waals surface area contributed by atoms with E-state index in [0.29, 0.717) is 5.95 Å². The molecule has 0 fully saturated rings. The van der Waals surface area contributed by atoms with Crippen LogP contribution in [0.3, 0.4) is 0 Å². The number of nitrogens with zero attached hydrogens (tertiary/aromatic N) is 4. The lowest BCUT2D eigenvalue weighted by molar-refractivity contribution is 0.688. The molecule has 0 radical (unpaired) electrons. The molecular weight excluding hydrogens is 576 g/mol. The van der Waals surface area contributed by atoms with Gasteiger partial charge in [0.1, 0.15) is 0 Å². The number of halogens is 2. The lowest BCUT2D eigenvalue weighted by Crippen LogP contribution is -2.21. The fraction of sp³-hybridized carbons (Fsp3) is 0.100. The molecule has 1 aliphatic heterocycles. The fourth-order valence-electron chi connectivity index (χ4n) is 4.61. The maximum atomic E-state index is 5.11. The number of aromatic nitrogens is 2. The third-order valence-electron chi connectivity index (χ3n) is 6.42. The first kappa shape index (κ1) is 23.1. The van der Waals surface area contributed by atoms with Crippen molar-refractivity contribution in [1.82, 2.24) is 9.97 Å². The number of hydrogen-bond acceptors (Lipinski definition) is 4. The second kappa shape index (κ2) is 9.60. The molecule has 0 amide bonds. The topological polar surface area (TPSA) is 41.4 Å². The highest BCUT2D eigenvalue weighted by molar-refractivity contribution is 9.10. The molecular formula is C30H22Br2N4. The predicted molar refractivity (Wildman–Crippen MR) is 154 cm³/mol. The van der Waals surface area contributed by atoms with Crippen molar-refractivity contribution in [3.8, 4) is 11.3 Å². The monoisotopic (exact) mass is 596 g/mol. The second-order valence-electron chi connectivity index (χ2n) is 8.93. The molecule has 176 valence electrons. The first-order valence-corrected chi connectivity index (χ1v) is 13.4. The van der Waals surface area contributed by atoms with Crippen LogP contribution in [0.4, 0.5) is 5.95 Å². The van der Waals surface area contributed by atoms with Crippen molar-refractivity contribution in [2.24, 2.45) is 5.10 Å². The normalized spacial score (nSPS) is 15.4. The standard InChI is InChI=1S/C30H22Br2N4/c1-19-12-14-20(15-13-19)29-25-10-2-3-11-26(25)33-30(34-29)36-28(22-7-5-9-24(32)17-22)18-27(35-36)21-6-4-8-23(31)16-21/h2-17,28H,18H2,1H3/t28-/m0/s1. The van der Waals surface area contributed by atoms with E-state index in [4.69, 9.17) is 15.1 Å². The highest BCUT2D eigenvalue weighted by Gasteiger charge is 2.32. The first-order chi connectivity index (χ1) is 17.5. The Labute approximate surface area is 227 Å². The van der Waals surface area contributed by atoms with Gasteiger partial charge in [0.05, 0.1) is 23.0 Å². The van der Waals surface area contributed by atoms with E-state index in [1.54, 1.807) is 0 Å². The van der Waals surface area contributed by atoms with Gasteiger partial charge >= 0.3 is 0 Å². The van der Waals surface area contributed by atoms with Crippen LogP contribution >= 0.6 is 31.9 Å². The Kier molecular flexibility index (Phi) is 6.15. The summed E-state index contributed by atoms with van der Waals surface area (Å²) in [5.41, 5.74) is 7.35. The third kappa shape index (κ3) is 4.47. The molecule has 6 heteroatoms. The number of hydrogen-bond donors (Lipinski definition) is 0. The zero-order valence-corrected chi connectivity index (χ0v) is 22.7. The van der Waals surface area contributed by atoms with Crippen LogP contribution in [0.5, 0.6) is 0 Å². The van der Waals surface area contributed by atoms with Crippen LogP contribution in [0.2, 0.25) is 0 Å². The zero-order valence-electron chi connectivity index (χ0n) is 19.6. The molecule has 4 aromatic carbocycles. The van der Waals surface area contributed by atoms with E-state index in [-0.39, 0.29) is 6.04 Å². The Balaban J connectivity index is 1.53. The summed E-state index contributed by atoms with van der Waals surface area (Å²) < 4.78 is 2.07. The van der Waals surface area contributed by atoms with Crippen molar-refractivity contribution >= 4 is 54.4 Å². The Hall–Kier alpha value is -3.35. The number of fused-ring (bicyclic) bond motifs is 1. The molecule has 2 heterocycles. The molecule has 6 rings (SSSR count). The molecule has 0 saturated carbocycles. The van der Waals surface area contributed by atoms with Crippen LogP contribution in [0, 0.1) is 6.92 Å². The van der Waals surface area contributed by atoms with Crippen LogP contribution in [0.25, 0.3) is 22.2 Å². The third-order valence-corrected chi connectivity index (χ3v) is 7.41. The van der Waals surface area contributed by atoms with Gasteiger partial charge in [0.25, 0.3) is 0 Å². The zero-order chi connectivity index (χ0) is 24.6. The lowest BCUT2D eigenvalue weighted by Gasteiger charge is -2.23. The summed E-state index contributed by atoms with van der Waals surface area (Å²) in [6.45, 7) is 2.10. The van der Waals surface area contributed by atoms with Crippen molar-refractivity contribution in [2.45, 2.75) is 19.4 Å². The molecule has 0 spiro atoms. The molecule has 36 heavy (non-hydrogen) atoms. The molecule has 5 aromatic rings. The fourth-order valence-corrected chi connectivity index (χ4v) is 5.43. The summed E-state index contributed by atoms with van der Waals surface area (Å²) in [6.07, 6.45) is 0.753. The van der Waals surface area contributed by atoms with Gasteiger partial charge in [-0.2, -0.15) is 5.10 Å². The minimum atomic E-state index is -0.0245. The summed E-state index contributed by atoms with van der Waals surface area (Å²) in [5.74, 6) is 0.597. The smallest absolute Gasteiger partial charge is 0.223 e. The second-order valence-corrected chi connectivity index (χ2v) is 10.8. The summed E-state index contributed by atoms with van der Waals surface area (Å²) in [4.78, 5) is 10.1. The predicted octanol–water partition coefficient (Wildman–Crippen LogP) is 8.49. The van der Waals surface area contributed by atoms with Gasteiger partial charge in [-0.05, 0) is 48.4 Å². The lowest BCUT2D eigenvalue weighted by atomic mass is 9.98. The van der Waals surface area contributed by atoms with Crippen molar-refractivity contribution in [1.29, 1.82) is 0 Å². The van der Waals surface area contributed by atoms with Gasteiger partial charge in [-0.3, -0.25) is 0 Å². The van der Waals surface area contributed by atoms with Crippen LogP contribution in [-0.2, 0) is 0 Å². The molecule has 0 saturated heterocycles. The quantitative estimate of drug-likeness (QED) is 0.208. The van der Waals surface area contributed by atoms with Crippen LogP contribution < -0.4 is 5.01 Å². The number of hydrazone groups is 1. The van der Waals surface area contributed by atoms with Gasteiger partial charge in [-0.15, -0.1) is 0 Å². The molecule has 4 nitrogen and oxygen atoms in total. The minimum absolute atomic E-state index is 0.0245. The Morgan fingerprint density at radius 2 is 1.50 bits per heavy atom. The maximum absolute atomic E-state index is 5.11. The number of rotatable bonds is 4. The molecule has 0 bridgehead atoms. The van der Waals surface area contributed by atoms with E-state index < -0.39 is 0 Å². The number of anilines is 1. The van der Waals surface area contributed by atoms with E-state index in [1.807, 2.05) is 41.4 Å². The van der Waals surface area contributed by atoms with Crippen molar-refractivity contribution in [3.05, 3.63) is 123 Å². The van der Waals surface area contributed by atoms with E-state index in [9.17, 15) is 0 Å². The highest BCUT2D eigenvalue weighted by atomic mass is 79.9. The largest absolute Gasteiger partial charge is 0.247 e. The Morgan fingerprint density at radius 3 is 2.28 bits per heavy atom. The van der Waals surface area contributed by atoms with E-state index in [0.717, 1.165) is 54.4 Å². The summed E-state index contributed by atoms with van der Waals surface area (Å²) >= 11 is 7.25. The van der Waals surface area contributed by atoms with Crippen LogP contribution in [-0.4, -0.2) is 15.7 Å². The van der Waals surface area contributed by atoms with Crippen LogP contribution in [0.15, 0.2) is 111 Å². The van der Waals surface area contributed by atoms with Gasteiger partial charge < -0.3 is 0 Å². The molecule has 1 aliphatic rings. The average molecular weight is 598 g/mol. The maximum Gasteiger partial charge on any atom is 0.247 e. The highest BCUT2D eigenvalue weighted by Crippen LogP contribution is 2.38. The molecule has 1 atom stereocenters. The summed E-state index contributed by atoms with van der Waals surface area (Å²) in [7, 11) is 0. The van der Waals surface area contributed by atoms with Gasteiger partial charge in [0.15, 0.2) is 0 Å². The van der Waals surface area contributed by atoms with Gasteiger partial charge in [-0.25, -0.2) is 15.0 Å². The molecule has 0 aliphatic carbocycles.